The summed E-state index contributed by atoms with van der Waals surface area (Å²) in [7, 11) is 0. The van der Waals surface area contributed by atoms with Crippen molar-refractivity contribution < 1.29 is 13.2 Å². The molecular formula is C20H18ClF3N6S. The lowest BCUT2D eigenvalue weighted by molar-refractivity contribution is 0.461. The van der Waals surface area contributed by atoms with Crippen molar-refractivity contribution in [2.45, 2.75) is 37.5 Å². The number of hydrogen-bond acceptors (Lipinski definition) is 4. The van der Waals surface area contributed by atoms with Crippen LogP contribution in [-0.4, -0.2) is 38.5 Å². The fourth-order valence-corrected chi connectivity index (χ4v) is 4.39. The summed E-state index contributed by atoms with van der Waals surface area (Å²) in [6.07, 6.45) is 2.70. The third kappa shape index (κ3) is 3.89. The number of halogens is 4. The van der Waals surface area contributed by atoms with Crippen LogP contribution in [0.4, 0.5) is 24.7 Å². The van der Waals surface area contributed by atoms with Crippen molar-refractivity contribution in [3.05, 3.63) is 52.8 Å². The number of benzene rings is 1. The molecule has 31 heavy (non-hydrogen) atoms. The zero-order valence-corrected chi connectivity index (χ0v) is 17.7. The Morgan fingerprint density at radius 1 is 1.26 bits per heavy atom. The first-order valence-electron chi connectivity index (χ1n) is 9.89. The molecule has 2 fully saturated rings. The molecule has 0 amide bonds. The third-order valence-corrected chi connectivity index (χ3v) is 6.04. The van der Waals surface area contributed by atoms with Crippen molar-refractivity contribution in [1.82, 2.24) is 19.9 Å². The number of rotatable bonds is 4. The minimum Gasteiger partial charge on any atom is -0.357 e. The monoisotopic (exact) mass is 466 g/mol. The highest BCUT2D eigenvalue weighted by Gasteiger charge is 2.38. The average Bonchev–Trinajstić information content (AvgIpc) is 3.13. The number of hydrogen-bond donors (Lipinski definition) is 2. The van der Waals surface area contributed by atoms with Gasteiger partial charge in [-0.1, -0.05) is 11.6 Å². The summed E-state index contributed by atoms with van der Waals surface area (Å²) in [6.45, 7) is 0.647. The van der Waals surface area contributed by atoms with Gasteiger partial charge in [-0.25, -0.2) is 22.7 Å². The van der Waals surface area contributed by atoms with E-state index in [1.165, 1.54) is 10.6 Å². The van der Waals surface area contributed by atoms with Crippen LogP contribution in [0.2, 0.25) is 5.15 Å². The molecule has 162 valence electrons. The second kappa shape index (κ2) is 7.83. The van der Waals surface area contributed by atoms with Gasteiger partial charge in [0.05, 0.1) is 12.1 Å². The van der Waals surface area contributed by atoms with Gasteiger partial charge in [0.2, 0.25) is 0 Å². The lowest BCUT2D eigenvalue weighted by Crippen LogP contribution is -2.31. The quantitative estimate of drug-likeness (QED) is 0.556. The van der Waals surface area contributed by atoms with Crippen LogP contribution in [0.25, 0.3) is 5.65 Å². The van der Waals surface area contributed by atoms with E-state index in [4.69, 9.17) is 23.8 Å². The van der Waals surface area contributed by atoms with Crippen molar-refractivity contribution in [1.29, 1.82) is 0 Å². The number of nitrogens with one attached hydrogen (secondary N) is 2. The van der Waals surface area contributed by atoms with Crippen LogP contribution in [0, 0.1) is 11.6 Å². The topological polar surface area (TPSA) is 57.5 Å². The molecule has 2 aliphatic rings. The Bertz CT molecular complexity index is 1170. The van der Waals surface area contributed by atoms with Crippen molar-refractivity contribution >= 4 is 46.1 Å². The van der Waals surface area contributed by atoms with Crippen LogP contribution >= 0.6 is 23.8 Å². The number of fused-ring (bicyclic) bond motifs is 1. The van der Waals surface area contributed by atoms with Gasteiger partial charge in [-0.2, -0.15) is 5.10 Å². The Kier molecular flexibility index (Phi) is 5.13. The Hall–Kier alpha value is -2.59. The van der Waals surface area contributed by atoms with Crippen LogP contribution < -0.4 is 15.5 Å². The molecule has 1 aliphatic carbocycles. The van der Waals surface area contributed by atoms with E-state index in [1.54, 1.807) is 12.3 Å². The first-order chi connectivity index (χ1) is 14.9. The van der Waals surface area contributed by atoms with E-state index in [0.29, 0.717) is 42.1 Å². The highest BCUT2D eigenvalue weighted by Crippen LogP contribution is 2.37. The van der Waals surface area contributed by atoms with E-state index in [2.05, 4.69) is 20.7 Å². The second-order valence-electron chi connectivity index (χ2n) is 7.69. The van der Waals surface area contributed by atoms with Crippen LogP contribution in [0.5, 0.6) is 0 Å². The lowest BCUT2D eigenvalue weighted by atomic mass is 10.0. The van der Waals surface area contributed by atoms with Gasteiger partial charge >= 0.3 is 0 Å². The molecule has 0 radical (unpaired) electrons. The SMILES string of the molecule is Fc1ccc(F)c([C@H]2CCCN2c2ccn3nc(Cl)c(NC(=S)N[C@H]4C[C@H]4F)c3n2)c1. The van der Waals surface area contributed by atoms with E-state index < -0.39 is 17.8 Å². The van der Waals surface area contributed by atoms with E-state index in [1.807, 2.05) is 4.90 Å². The van der Waals surface area contributed by atoms with E-state index in [0.717, 1.165) is 18.6 Å². The zero-order valence-electron chi connectivity index (χ0n) is 16.2. The average molecular weight is 467 g/mol. The molecule has 0 spiro atoms. The molecule has 1 aliphatic heterocycles. The Labute approximate surface area is 186 Å². The molecule has 11 heteroatoms. The minimum absolute atomic E-state index is 0.163. The molecule has 1 aromatic carbocycles. The number of nitrogens with zero attached hydrogens (tertiary/aromatic N) is 4. The number of thiocarbonyl (C=S) groups is 1. The van der Waals surface area contributed by atoms with Gasteiger partial charge in [-0.05, 0) is 49.3 Å². The fourth-order valence-electron chi connectivity index (χ4n) is 3.93. The summed E-state index contributed by atoms with van der Waals surface area (Å²) in [5, 5.41) is 10.4. The Balaban J connectivity index is 1.46. The van der Waals surface area contributed by atoms with Crippen LogP contribution in [0.15, 0.2) is 30.5 Å². The number of anilines is 2. The predicted molar refractivity (Wildman–Crippen MR) is 116 cm³/mol. The van der Waals surface area contributed by atoms with E-state index >= 15 is 0 Å². The maximum Gasteiger partial charge on any atom is 0.182 e. The Morgan fingerprint density at radius 2 is 2.06 bits per heavy atom. The van der Waals surface area contributed by atoms with Crippen LogP contribution in [0.3, 0.4) is 0 Å². The molecule has 3 aromatic rings. The minimum atomic E-state index is -0.904. The molecule has 2 N–H and O–H groups in total. The van der Waals surface area contributed by atoms with Crippen molar-refractivity contribution in [2.75, 3.05) is 16.8 Å². The molecule has 5 rings (SSSR count). The summed E-state index contributed by atoms with van der Waals surface area (Å²) < 4.78 is 42.8. The largest absolute Gasteiger partial charge is 0.357 e. The van der Waals surface area contributed by atoms with Gasteiger partial charge < -0.3 is 15.5 Å². The maximum atomic E-state index is 14.4. The van der Waals surface area contributed by atoms with E-state index in [-0.39, 0.29) is 22.3 Å². The van der Waals surface area contributed by atoms with Gasteiger partial charge in [0.25, 0.3) is 0 Å². The number of aromatic nitrogens is 3. The summed E-state index contributed by atoms with van der Waals surface area (Å²) in [5.74, 6) is -0.340. The molecule has 6 nitrogen and oxygen atoms in total. The van der Waals surface area contributed by atoms with Gasteiger partial charge in [-0.15, -0.1) is 0 Å². The molecule has 0 bridgehead atoms. The molecular weight excluding hydrogens is 449 g/mol. The van der Waals surface area contributed by atoms with Crippen LogP contribution in [0.1, 0.15) is 30.9 Å². The highest BCUT2D eigenvalue weighted by atomic mass is 35.5. The summed E-state index contributed by atoms with van der Waals surface area (Å²) in [5.41, 5.74) is 1.12. The molecule has 1 saturated carbocycles. The normalized spacial score (nSPS) is 22.7. The summed E-state index contributed by atoms with van der Waals surface area (Å²) in [6, 6.07) is 4.62. The van der Waals surface area contributed by atoms with E-state index in [9.17, 15) is 13.2 Å². The maximum absolute atomic E-state index is 14.4. The van der Waals surface area contributed by atoms with Gasteiger partial charge in [0.15, 0.2) is 15.9 Å². The smallest absolute Gasteiger partial charge is 0.182 e. The van der Waals surface area contributed by atoms with Crippen molar-refractivity contribution in [3.63, 3.8) is 0 Å². The second-order valence-corrected chi connectivity index (χ2v) is 8.46. The van der Waals surface area contributed by atoms with Gasteiger partial charge in [0, 0.05) is 24.7 Å². The first kappa shape index (κ1) is 20.3. The van der Waals surface area contributed by atoms with Crippen LogP contribution in [-0.2, 0) is 0 Å². The van der Waals surface area contributed by atoms with Gasteiger partial charge in [0.1, 0.15) is 29.3 Å². The highest BCUT2D eigenvalue weighted by molar-refractivity contribution is 7.80. The Morgan fingerprint density at radius 3 is 2.84 bits per heavy atom. The molecule has 3 atom stereocenters. The fraction of sp³-hybridized carbons (Fsp3) is 0.350. The molecule has 2 aromatic heterocycles. The summed E-state index contributed by atoms with van der Waals surface area (Å²) >= 11 is 11.5. The molecule has 3 heterocycles. The standard InChI is InChI=1S/C20H18ClF3N6S/c21-18-17(27-20(31)25-14-9-13(14)24)19-26-16(5-7-30(19)28-18)29-6-1-2-15(29)11-8-10(22)3-4-12(11)23/h3-5,7-8,13-15H,1-2,6,9H2,(H2,25,27,31)/t13-,14+,15-/m1/s1. The molecule has 0 unspecified atom stereocenters. The first-order valence-corrected chi connectivity index (χ1v) is 10.7. The summed E-state index contributed by atoms with van der Waals surface area (Å²) in [4.78, 5) is 6.61. The number of alkyl halides is 1. The van der Waals surface area contributed by atoms with Crippen molar-refractivity contribution in [2.24, 2.45) is 0 Å². The van der Waals surface area contributed by atoms with Gasteiger partial charge in [-0.3, -0.25) is 0 Å². The third-order valence-electron chi connectivity index (χ3n) is 5.56. The zero-order chi connectivity index (χ0) is 21.7. The molecule has 1 saturated heterocycles. The van der Waals surface area contributed by atoms with Crippen molar-refractivity contribution in [3.8, 4) is 0 Å². The predicted octanol–water partition coefficient (Wildman–Crippen LogP) is 4.40. The lowest BCUT2D eigenvalue weighted by Gasteiger charge is -2.26.